The summed E-state index contributed by atoms with van der Waals surface area (Å²) in [6, 6.07) is 14.8. The van der Waals surface area contributed by atoms with Gasteiger partial charge in [0.25, 0.3) is 0 Å². The van der Waals surface area contributed by atoms with E-state index in [1.807, 2.05) is 0 Å². The van der Waals surface area contributed by atoms with E-state index in [1.54, 1.807) is 30.3 Å². The molecule has 0 saturated carbocycles. The first-order chi connectivity index (χ1) is 17.9. The first-order valence-electron chi connectivity index (χ1n) is 11.2. The molecule has 0 saturated heterocycles. The van der Waals surface area contributed by atoms with Crippen LogP contribution in [0.5, 0.6) is 17.2 Å². The van der Waals surface area contributed by atoms with E-state index in [0.29, 0.717) is 23.4 Å². The molecule has 0 aromatic heterocycles. The summed E-state index contributed by atoms with van der Waals surface area (Å²) in [5.74, 6) is -1.92. The number of esters is 1. The third-order valence-corrected chi connectivity index (χ3v) is 5.33. The number of carboxylic acid groups (broad SMARTS) is 1. The van der Waals surface area contributed by atoms with Crippen LogP contribution in [0.4, 0.5) is 24.5 Å². The number of hydrogen-bond donors (Lipinski definition) is 3. The second-order valence-corrected chi connectivity index (χ2v) is 8.16. The number of anilines is 2. The van der Waals surface area contributed by atoms with E-state index in [9.17, 15) is 27.9 Å². The minimum atomic E-state index is -4.53. The van der Waals surface area contributed by atoms with E-state index in [2.05, 4.69) is 0 Å². The third-order valence-electron chi connectivity index (χ3n) is 5.33. The molecule has 0 atom stereocenters. The van der Waals surface area contributed by atoms with Gasteiger partial charge in [0, 0.05) is 16.9 Å². The highest BCUT2D eigenvalue weighted by molar-refractivity contribution is 5.93. The van der Waals surface area contributed by atoms with Gasteiger partial charge in [-0.2, -0.15) is 13.2 Å². The van der Waals surface area contributed by atoms with Crippen LogP contribution in [0.1, 0.15) is 27.9 Å². The number of halogens is 3. The molecule has 0 aliphatic rings. The molecule has 200 valence electrons. The maximum atomic E-state index is 12.5. The van der Waals surface area contributed by atoms with E-state index < -0.39 is 24.7 Å². The van der Waals surface area contributed by atoms with E-state index in [1.165, 1.54) is 43.5 Å². The molecule has 0 aliphatic carbocycles. The van der Waals surface area contributed by atoms with E-state index >= 15 is 0 Å². The molecule has 8 nitrogen and oxygen atoms in total. The van der Waals surface area contributed by atoms with Gasteiger partial charge in [-0.15, -0.1) is 0 Å². The number of nitrogen functional groups attached to an aromatic ring is 2. The Balaban J connectivity index is 1.67. The highest BCUT2D eigenvalue weighted by Gasteiger charge is 2.29. The van der Waals surface area contributed by atoms with E-state index in [0.717, 1.165) is 5.56 Å². The second-order valence-electron chi connectivity index (χ2n) is 8.16. The fourth-order valence-electron chi connectivity index (χ4n) is 3.42. The number of rotatable bonds is 10. The molecule has 11 heteroatoms. The lowest BCUT2D eigenvalue weighted by Gasteiger charge is -2.13. The smallest absolute Gasteiger partial charge is 0.422 e. The van der Waals surface area contributed by atoms with Gasteiger partial charge in [0.15, 0.2) is 18.1 Å². The molecule has 0 amide bonds. The van der Waals surface area contributed by atoms with Crippen LogP contribution in [0, 0.1) is 0 Å². The van der Waals surface area contributed by atoms with E-state index in [4.69, 9.17) is 25.7 Å². The molecular weight excluding hydrogens is 505 g/mol. The van der Waals surface area contributed by atoms with Gasteiger partial charge in [0.2, 0.25) is 0 Å². The molecule has 0 bridgehead atoms. The zero-order valence-electron chi connectivity index (χ0n) is 20.2. The Bertz CT molecular complexity index is 1340. The Hall–Kier alpha value is -4.67. The monoisotopic (exact) mass is 530 g/mol. The number of alkyl halides is 3. The normalized spacial score (nSPS) is 11.6. The van der Waals surface area contributed by atoms with Gasteiger partial charge in [0.05, 0.1) is 12.7 Å². The lowest BCUT2D eigenvalue weighted by atomic mass is 10.0. The SMILES string of the molecule is COc1cc(C(=O)Oc2ccc(/C=C(\CCc3ccc(N)cc3N)C(=O)O)cc2)ccc1OCC(F)(F)F. The summed E-state index contributed by atoms with van der Waals surface area (Å²) in [7, 11) is 1.23. The summed E-state index contributed by atoms with van der Waals surface area (Å²) in [6.07, 6.45) is -2.39. The van der Waals surface area contributed by atoms with Crippen molar-refractivity contribution in [1.29, 1.82) is 0 Å². The summed E-state index contributed by atoms with van der Waals surface area (Å²) in [5, 5.41) is 9.60. The number of hydrogen-bond acceptors (Lipinski definition) is 7. The highest BCUT2D eigenvalue weighted by Crippen LogP contribution is 2.30. The molecule has 5 N–H and O–H groups in total. The van der Waals surface area contributed by atoms with Crippen molar-refractivity contribution in [3.8, 4) is 17.2 Å². The number of methoxy groups -OCH3 is 1. The molecule has 0 spiro atoms. The van der Waals surface area contributed by atoms with Gasteiger partial charge in [-0.05, 0) is 72.5 Å². The molecule has 0 unspecified atom stereocenters. The largest absolute Gasteiger partial charge is 0.493 e. The Morgan fingerprint density at radius 3 is 2.29 bits per heavy atom. The summed E-state index contributed by atoms with van der Waals surface area (Å²) in [5.41, 5.74) is 14.2. The predicted molar refractivity (Wildman–Crippen MR) is 135 cm³/mol. The van der Waals surface area contributed by atoms with Crippen LogP contribution >= 0.6 is 0 Å². The lowest BCUT2D eigenvalue weighted by molar-refractivity contribution is -0.153. The van der Waals surface area contributed by atoms with Crippen molar-refractivity contribution in [1.82, 2.24) is 0 Å². The molecular formula is C27H25F3N2O6. The Labute approximate surface area is 216 Å². The number of aliphatic carboxylic acids is 1. The fraction of sp³-hybridized carbons (Fsp3) is 0.185. The van der Waals surface area contributed by atoms with Crippen molar-refractivity contribution in [3.05, 3.63) is 82.9 Å². The predicted octanol–water partition coefficient (Wildman–Crippen LogP) is 5.12. The summed E-state index contributed by atoms with van der Waals surface area (Å²) in [4.78, 5) is 24.3. The van der Waals surface area contributed by atoms with Gasteiger partial charge in [-0.25, -0.2) is 9.59 Å². The average Bonchev–Trinajstić information content (AvgIpc) is 2.86. The first kappa shape index (κ1) is 27.9. The molecule has 3 aromatic carbocycles. The molecule has 0 radical (unpaired) electrons. The van der Waals surface area contributed by atoms with Crippen LogP contribution in [0.3, 0.4) is 0 Å². The summed E-state index contributed by atoms with van der Waals surface area (Å²) in [6.45, 7) is -1.51. The van der Waals surface area contributed by atoms with Crippen molar-refractivity contribution in [2.75, 3.05) is 25.2 Å². The molecule has 0 aliphatic heterocycles. The minimum Gasteiger partial charge on any atom is -0.493 e. The Morgan fingerprint density at radius 2 is 1.68 bits per heavy atom. The second kappa shape index (κ2) is 12.0. The van der Waals surface area contributed by atoms with Crippen LogP contribution in [0.15, 0.2) is 66.2 Å². The number of nitrogens with two attached hydrogens (primary N) is 2. The van der Waals surface area contributed by atoms with Crippen LogP contribution in [0.2, 0.25) is 0 Å². The van der Waals surface area contributed by atoms with E-state index in [-0.39, 0.29) is 34.8 Å². The maximum Gasteiger partial charge on any atom is 0.422 e. The molecule has 3 rings (SSSR count). The Morgan fingerprint density at radius 1 is 0.974 bits per heavy atom. The third kappa shape index (κ3) is 7.92. The number of aryl methyl sites for hydroxylation is 1. The average molecular weight is 530 g/mol. The van der Waals surface area contributed by atoms with Crippen LogP contribution < -0.4 is 25.7 Å². The zero-order chi connectivity index (χ0) is 27.9. The number of benzene rings is 3. The highest BCUT2D eigenvalue weighted by atomic mass is 19.4. The topological polar surface area (TPSA) is 134 Å². The quantitative estimate of drug-likeness (QED) is 0.142. The van der Waals surface area contributed by atoms with Crippen molar-refractivity contribution in [3.63, 3.8) is 0 Å². The van der Waals surface area contributed by atoms with Crippen molar-refractivity contribution in [2.45, 2.75) is 19.0 Å². The van der Waals surface area contributed by atoms with Gasteiger partial charge >= 0.3 is 18.1 Å². The number of carbonyl (C=O) groups is 2. The van der Waals surface area contributed by atoms with Crippen LogP contribution in [0.25, 0.3) is 6.08 Å². The standard InChI is InChI=1S/C27H25F3N2O6/c1-36-24-13-19(7-11-23(24)37-15-27(28,29)30)26(35)38-21-9-2-16(3-10-21)12-18(25(33)34)5-4-17-6-8-20(31)14-22(17)32/h2-3,6-14H,4-5,15,31-32H2,1H3,(H,33,34)/b18-12+. The van der Waals surface area contributed by atoms with Gasteiger partial charge in [-0.3, -0.25) is 0 Å². The zero-order valence-corrected chi connectivity index (χ0v) is 20.2. The number of carbonyl (C=O) groups excluding carboxylic acids is 1. The molecule has 38 heavy (non-hydrogen) atoms. The number of carboxylic acids is 1. The van der Waals surface area contributed by atoms with Crippen molar-refractivity contribution >= 4 is 29.4 Å². The molecule has 0 heterocycles. The molecule has 3 aromatic rings. The lowest BCUT2D eigenvalue weighted by Crippen LogP contribution is -2.19. The summed E-state index contributed by atoms with van der Waals surface area (Å²) >= 11 is 0. The van der Waals surface area contributed by atoms with Gasteiger partial charge < -0.3 is 30.8 Å². The maximum absolute atomic E-state index is 12.5. The molecule has 0 fully saturated rings. The van der Waals surface area contributed by atoms with Gasteiger partial charge in [-0.1, -0.05) is 18.2 Å². The van der Waals surface area contributed by atoms with Crippen molar-refractivity contribution < 1.29 is 42.1 Å². The van der Waals surface area contributed by atoms with Gasteiger partial charge in [0.1, 0.15) is 5.75 Å². The first-order valence-corrected chi connectivity index (χ1v) is 11.2. The number of ether oxygens (including phenoxy) is 3. The fourth-order valence-corrected chi connectivity index (χ4v) is 3.42. The van der Waals surface area contributed by atoms with Crippen LogP contribution in [-0.4, -0.2) is 36.9 Å². The summed E-state index contributed by atoms with van der Waals surface area (Å²) < 4.78 is 52.3. The minimum absolute atomic E-state index is 0.0280. The van der Waals surface area contributed by atoms with Crippen molar-refractivity contribution in [2.24, 2.45) is 0 Å². The Kier molecular flexibility index (Phi) is 8.85. The van der Waals surface area contributed by atoms with Crippen LogP contribution in [-0.2, 0) is 11.2 Å².